The summed E-state index contributed by atoms with van der Waals surface area (Å²) in [5.41, 5.74) is 5.52. The predicted molar refractivity (Wildman–Crippen MR) is 65.3 cm³/mol. The minimum Gasteiger partial charge on any atom is -0.368 e. The Kier molecular flexibility index (Phi) is 3.93. The highest BCUT2D eigenvalue weighted by atomic mass is 32.1. The third-order valence-electron chi connectivity index (χ3n) is 2.82. The first-order valence-corrected chi connectivity index (χ1v) is 6.44. The summed E-state index contributed by atoms with van der Waals surface area (Å²) < 4.78 is 0. The van der Waals surface area contributed by atoms with Gasteiger partial charge in [-0.3, -0.25) is 9.69 Å². The fraction of sp³-hybridized carbons (Fsp3) is 0.545. The van der Waals surface area contributed by atoms with E-state index in [1.54, 1.807) is 11.3 Å². The Morgan fingerprint density at radius 1 is 1.50 bits per heavy atom. The number of nitrogens with two attached hydrogens (primary N) is 1. The average Bonchev–Trinajstić information content (AvgIpc) is 2.62. The highest BCUT2D eigenvalue weighted by molar-refractivity contribution is 7.10. The number of hydrogen-bond acceptors (Lipinski definition) is 4. The molecule has 1 fully saturated rings. The van der Waals surface area contributed by atoms with Crippen molar-refractivity contribution in [2.24, 2.45) is 5.73 Å². The first-order chi connectivity index (χ1) is 7.79. The summed E-state index contributed by atoms with van der Waals surface area (Å²) in [6.07, 6.45) is 1.06. The fourth-order valence-corrected chi connectivity index (χ4v) is 2.94. The maximum absolute atomic E-state index is 11.6. The van der Waals surface area contributed by atoms with Crippen molar-refractivity contribution in [2.75, 3.05) is 26.2 Å². The summed E-state index contributed by atoms with van der Waals surface area (Å²) in [6.45, 7) is 3.76. The monoisotopic (exact) mass is 239 g/mol. The van der Waals surface area contributed by atoms with Crippen LogP contribution in [0.25, 0.3) is 0 Å². The molecule has 0 bridgehead atoms. The molecule has 2 heterocycles. The van der Waals surface area contributed by atoms with Gasteiger partial charge in [0.25, 0.3) is 0 Å². The summed E-state index contributed by atoms with van der Waals surface area (Å²) in [5.74, 6) is -0.246. The molecule has 0 saturated carbocycles. The van der Waals surface area contributed by atoms with Crippen LogP contribution in [0.2, 0.25) is 0 Å². The molecule has 1 aromatic rings. The second kappa shape index (κ2) is 5.43. The highest BCUT2D eigenvalue weighted by Gasteiger charge is 2.26. The van der Waals surface area contributed by atoms with Crippen molar-refractivity contribution in [1.29, 1.82) is 0 Å². The fourth-order valence-electron chi connectivity index (χ4n) is 2.07. The zero-order chi connectivity index (χ0) is 11.4. The lowest BCUT2D eigenvalue weighted by molar-refractivity contribution is -0.123. The van der Waals surface area contributed by atoms with Crippen LogP contribution < -0.4 is 11.1 Å². The lowest BCUT2D eigenvalue weighted by Gasteiger charge is -2.26. The Bertz CT molecular complexity index is 331. The van der Waals surface area contributed by atoms with Crippen LogP contribution in [0.1, 0.15) is 17.3 Å². The molecule has 2 rings (SSSR count). The SMILES string of the molecule is NC(=O)C(c1cccs1)N1CCCNCC1. The van der Waals surface area contributed by atoms with Crippen molar-refractivity contribution < 1.29 is 4.79 Å². The molecular formula is C11H17N3OS. The van der Waals surface area contributed by atoms with Crippen LogP contribution >= 0.6 is 11.3 Å². The minimum atomic E-state index is -0.250. The zero-order valence-corrected chi connectivity index (χ0v) is 10.0. The van der Waals surface area contributed by atoms with Gasteiger partial charge in [-0.05, 0) is 24.4 Å². The molecule has 1 aliphatic rings. The number of hydrogen-bond donors (Lipinski definition) is 2. The van der Waals surface area contributed by atoms with Crippen molar-refractivity contribution in [3.05, 3.63) is 22.4 Å². The average molecular weight is 239 g/mol. The first kappa shape index (κ1) is 11.6. The van der Waals surface area contributed by atoms with E-state index in [1.807, 2.05) is 17.5 Å². The molecule has 0 aromatic carbocycles. The number of nitrogens with one attached hydrogen (secondary N) is 1. The van der Waals surface area contributed by atoms with Crippen LogP contribution in [0, 0.1) is 0 Å². The molecule has 4 nitrogen and oxygen atoms in total. The normalized spacial score (nSPS) is 20.2. The van der Waals surface area contributed by atoms with Crippen LogP contribution in [0.5, 0.6) is 0 Å². The van der Waals surface area contributed by atoms with E-state index < -0.39 is 0 Å². The van der Waals surface area contributed by atoms with E-state index in [0.717, 1.165) is 37.5 Å². The molecule has 0 aliphatic carbocycles. The first-order valence-electron chi connectivity index (χ1n) is 5.56. The Hall–Kier alpha value is -0.910. The van der Waals surface area contributed by atoms with E-state index in [-0.39, 0.29) is 11.9 Å². The van der Waals surface area contributed by atoms with Crippen LogP contribution in [0.3, 0.4) is 0 Å². The summed E-state index contributed by atoms with van der Waals surface area (Å²) in [5, 5.41) is 5.31. The summed E-state index contributed by atoms with van der Waals surface area (Å²) in [4.78, 5) is 14.8. The van der Waals surface area contributed by atoms with Gasteiger partial charge in [0.2, 0.25) is 5.91 Å². The molecule has 0 spiro atoms. The molecule has 0 radical (unpaired) electrons. The highest BCUT2D eigenvalue weighted by Crippen LogP contribution is 2.25. The maximum Gasteiger partial charge on any atom is 0.240 e. The van der Waals surface area contributed by atoms with Gasteiger partial charge in [0.15, 0.2) is 0 Å². The van der Waals surface area contributed by atoms with Gasteiger partial charge in [0, 0.05) is 24.5 Å². The van der Waals surface area contributed by atoms with Gasteiger partial charge in [-0.25, -0.2) is 0 Å². The van der Waals surface area contributed by atoms with Gasteiger partial charge >= 0.3 is 0 Å². The Balaban J connectivity index is 2.15. The molecule has 1 atom stereocenters. The van der Waals surface area contributed by atoms with Crippen molar-refractivity contribution >= 4 is 17.2 Å². The van der Waals surface area contributed by atoms with E-state index in [1.165, 1.54) is 0 Å². The predicted octanol–water partition coefficient (Wildman–Crippen LogP) is 0.570. The molecule has 1 aliphatic heterocycles. The van der Waals surface area contributed by atoms with Crippen molar-refractivity contribution in [2.45, 2.75) is 12.5 Å². The number of primary amides is 1. The van der Waals surface area contributed by atoms with Crippen molar-refractivity contribution in [3.8, 4) is 0 Å². The van der Waals surface area contributed by atoms with E-state index in [4.69, 9.17) is 5.73 Å². The van der Waals surface area contributed by atoms with Crippen LogP contribution in [0.4, 0.5) is 0 Å². The molecule has 3 N–H and O–H groups in total. The Morgan fingerprint density at radius 3 is 3.06 bits per heavy atom. The van der Waals surface area contributed by atoms with E-state index >= 15 is 0 Å². The van der Waals surface area contributed by atoms with Gasteiger partial charge in [-0.15, -0.1) is 11.3 Å². The largest absolute Gasteiger partial charge is 0.368 e. The van der Waals surface area contributed by atoms with Crippen molar-refractivity contribution in [1.82, 2.24) is 10.2 Å². The lowest BCUT2D eigenvalue weighted by atomic mass is 10.2. The van der Waals surface area contributed by atoms with Crippen molar-refractivity contribution in [3.63, 3.8) is 0 Å². The van der Waals surface area contributed by atoms with Crippen LogP contribution in [0.15, 0.2) is 17.5 Å². The Labute approximate surface area is 99.4 Å². The summed E-state index contributed by atoms with van der Waals surface area (Å²) in [7, 11) is 0. The smallest absolute Gasteiger partial charge is 0.240 e. The van der Waals surface area contributed by atoms with Gasteiger partial charge < -0.3 is 11.1 Å². The minimum absolute atomic E-state index is 0.246. The Morgan fingerprint density at radius 2 is 2.38 bits per heavy atom. The topological polar surface area (TPSA) is 58.4 Å². The van der Waals surface area contributed by atoms with Crippen LogP contribution in [-0.4, -0.2) is 37.0 Å². The van der Waals surface area contributed by atoms with Gasteiger partial charge in [0.1, 0.15) is 6.04 Å². The van der Waals surface area contributed by atoms with Gasteiger partial charge in [0.05, 0.1) is 0 Å². The van der Waals surface area contributed by atoms with E-state index in [9.17, 15) is 4.79 Å². The zero-order valence-electron chi connectivity index (χ0n) is 9.19. The summed E-state index contributed by atoms with van der Waals surface area (Å²) in [6, 6.07) is 3.70. The number of rotatable bonds is 3. The molecule has 5 heteroatoms. The maximum atomic E-state index is 11.6. The third kappa shape index (κ3) is 2.61. The molecule has 16 heavy (non-hydrogen) atoms. The lowest BCUT2D eigenvalue weighted by Crippen LogP contribution is -2.39. The van der Waals surface area contributed by atoms with E-state index in [0.29, 0.717) is 0 Å². The molecule has 1 amide bonds. The molecule has 88 valence electrons. The molecule has 1 unspecified atom stereocenters. The number of nitrogens with zero attached hydrogens (tertiary/aromatic N) is 1. The van der Waals surface area contributed by atoms with Gasteiger partial charge in [-0.1, -0.05) is 6.07 Å². The van der Waals surface area contributed by atoms with E-state index in [2.05, 4.69) is 10.2 Å². The number of carbonyl (C=O) groups is 1. The number of thiophene rings is 1. The second-order valence-electron chi connectivity index (χ2n) is 3.96. The summed E-state index contributed by atoms with van der Waals surface area (Å²) >= 11 is 1.60. The standard InChI is InChI=1S/C11H17N3OS/c12-11(15)10(9-3-1-8-16-9)14-6-2-4-13-5-7-14/h1,3,8,10,13H,2,4-7H2,(H2,12,15). The number of amides is 1. The van der Waals surface area contributed by atoms with Gasteiger partial charge in [-0.2, -0.15) is 0 Å². The molecule has 1 aromatic heterocycles. The quantitative estimate of drug-likeness (QED) is 0.811. The third-order valence-corrected chi connectivity index (χ3v) is 3.75. The van der Waals surface area contributed by atoms with Crippen LogP contribution in [-0.2, 0) is 4.79 Å². The molecular weight excluding hydrogens is 222 g/mol. The number of carbonyl (C=O) groups excluding carboxylic acids is 1. The second-order valence-corrected chi connectivity index (χ2v) is 4.94. The molecule has 1 saturated heterocycles.